The van der Waals surface area contributed by atoms with Gasteiger partial charge < -0.3 is 10.6 Å². The fourth-order valence-electron chi connectivity index (χ4n) is 2.26. The zero-order valence-electron chi connectivity index (χ0n) is 12.9. The molecular formula is C17H18ClN5. The number of hydrogen-bond acceptors (Lipinski definition) is 5. The largest absolute Gasteiger partial charge is 0.354 e. The number of benzene rings is 2. The van der Waals surface area contributed by atoms with E-state index in [-0.39, 0.29) is 5.28 Å². The molecule has 118 valence electrons. The van der Waals surface area contributed by atoms with Crippen molar-refractivity contribution in [3.05, 3.63) is 47.7 Å². The zero-order chi connectivity index (χ0) is 16.1. The van der Waals surface area contributed by atoms with Crippen LogP contribution in [0, 0.1) is 0 Å². The maximum absolute atomic E-state index is 5.98. The molecule has 23 heavy (non-hydrogen) atoms. The number of unbranched alkanes of at least 4 members (excludes halogenated alkanes) is 1. The van der Waals surface area contributed by atoms with Crippen LogP contribution in [0.15, 0.2) is 42.5 Å². The lowest BCUT2D eigenvalue weighted by atomic mass is 10.1. The summed E-state index contributed by atoms with van der Waals surface area (Å²) in [4.78, 5) is 12.6. The first-order chi connectivity index (χ1) is 11.2. The molecule has 0 fully saturated rings. The molecule has 0 aliphatic heterocycles. The number of nitrogens with zero attached hydrogens (tertiary/aromatic N) is 3. The molecule has 0 amide bonds. The molecule has 0 radical (unpaired) electrons. The summed E-state index contributed by atoms with van der Waals surface area (Å²) in [7, 11) is 0. The summed E-state index contributed by atoms with van der Waals surface area (Å²) < 4.78 is 0. The Morgan fingerprint density at radius 1 is 0.957 bits per heavy atom. The highest BCUT2D eigenvalue weighted by Crippen LogP contribution is 2.21. The Labute approximate surface area is 140 Å². The van der Waals surface area contributed by atoms with Gasteiger partial charge in [0, 0.05) is 12.2 Å². The lowest BCUT2D eigenvalue weighted by Gasteiger charge is -2.09. The molecule has 0 bridgehead atoms. The van der Waals surface area contributed by atoms with E-state index < -0.39 is 0 Å². The van der Waals surface area contributed by atoms with Crippen molar-refractivity contribution in [3.8, 4) is 0 Å². The molecule has 3 rings (SSSR count). The minimum atomic E-state index is 0.169. The van der Waals surface area contributed by atoms with E-state index in [1.165, 1.54) is 5.39 Å². The van der Waals surface area contributed by atoms with Crippen LogP contribution in [0.5, 0.6) is 0 Å². The van der Waals surface area contributed by atoms with Crippen LogP contribution in [0.2, 0.25) is 5.28 Å². The SMILES string of the molecule is CCCCNc1nc(Cl)nc(Nc2ccc3ccccc3c2)n1. The maximum Gasteiger partial charge on any atom is 0.233 e. The van der Waals surface area contributed by atoms with E-state index in [0.717, 1.165) is 30.5 Å². The second kappa shape index (κ2) is 7.24. The van der Waals surface area contributed by atoms with Crippen LogP contribution in [0.4, 0.5) is 17.6 Å². The van der Waals surface area contributed by atoms with Crippen LogP contribution in [0.1, 0.15) is 19.8 Å². The smallest absolute Gasteiger partial charge is 0.233 e. The first-order valence-electron chi connectivity index (χ1n) is 7.66. The second-order valence-electron chi connectivity index (χ2n) is 5.22. The Bertz CT molecular complexity index is 806. The van der Waals surface area contributed by atoms with Crippen molar-refractivity contribution in [3.63, 3.8) is 0 Å². The van der Waals surface area contributed by atoms with Crippen molar-refractivity contribution in [1.29, 1.82) is 0 Å². The van der Waals surface area contributed by atoms with Crippen molar-refractivity contribution in [2.75, 3.05) is 17.2 Å². The molecule has 0 saturated heterocycles. The molecule has 3 aromatic rings. The average Bonchev–Trinajstić information content (AvgIpc) is 2.54. The first kappa shape index (κ1) is 15.5. The minimum absolute atomic E-state index is 0.169. The summed E-state index contributed by atoms with van der Waals surface area (Å²) in [6, 6.07) is 14.3. The molecule has 5 nitrogen and oxygen atoms in total. The molecule has 2 aromatic carbocycles. The predicted octanol–water partition coefficient (Wildman–Crippen LogP) is 4.63. The van der Waals surface area contributed by atoms with Crippen LogP contribution < -0.4 is 10.6 Å². The zero-order valence-corrected chi connectivity index (χ0v) is 13.6. The van der Waals surface area contributed by atoms with Crippen molar-refractivity contribution in [2.24, 2.45) is 0 Å². The molecule has 0 aliphatic carbocycles. The van der Waals surface area contributed by atoms with Crippen LogP contribution >= 0.6 is 11.6 Å². The fraction of sp³-hybridized carbons (Fsp3) is 0.235. The Morgan fingerprint density at radius 3 is 2.57 bits per heavy atom. The molecule has 0 saturated carbocycles. The highest BCUT2D eigenvalue weighted by atomic mass is 35.5. The molecule has 1 heterocycles. The minimum Gasteiger partial charge on any atom is -0.354 e. The number of aromatic nitrogens is 3. The van der Waals surface area contributed by atoms with Crippen molar-refractivity contribution in [2.45, 2.75) is 19.8 Å². The van der Waals surface area contributed by atoms with Crippen molar-refractivity contribution >= 4 is 40.0 Å². The Balaban J connectivity index is 1.80. The standard InChI is InChI=1S/C17H18ClN5/c1-2-3-10-19-16-21-15(18)22-17(23-16)20-14-9-8-12-6-4-5-7-13(12)11-14/h4-9,11H,2-3,10H2,1H3,(H2,19,20,21,22,23). The van der Waals surface area contributed by atoms with Crippen LogP contribution in [-0.4, -0.2) is 21.5 Å². The van der Waals surface area contributed by atoms with Gasteiger partial charge in [0.05, 0.1) is 0 Å². The van der Waals surface area contributed by atoms with Crippen molar-refractivity contribution in [1.82, 2.24) is 15.0 Å². The quantitative estimate of drug-likeness (QED) is 0.646. The number of nitrogens with one attached hydrogen (secondary N) is 2. The number of anilines is 3. The van der Waals surface area contributed by atoms with Gasteiger partial charge in [0.15, 0.2) is 0 Å². The number of fused-ring (bicyclic) bond motifs is 1. The number of halogens is 1. The van der Waals surface area contributed by atoms with Gasteiger partial charge in [0.25, 0.3) is 0 Å². The third kappa shape index (κ3) is 4.07. The van der Waals surface area contributed by atoms with Gasteiger partial charge in [-0.1, -0.05) is 43.7 Å². The van der Waals surface area contributed by atoms with Gasteiger partial charge in [-0.05, 0) is 40.9 Å². The van der Waals surface area contributed by atoms with Crippen LogP contribution in [0.25, 0.3) is 10.8 Å². The van der Waals surface area contributed by atoms with E-state index in [1.807, 2.05) is 18.2 Å². The van der Waals surface area contributed by atoms with Gasteiger partial charge in [-0.3, -0.25) is 0 Å². The van der Waals surface area contributed by atoms with Gasteiger partial charge in [-0.2, -0.15) is 15.0 Å². The average molecular weight is 328 g/mol. The molecule has 0 unspecified atom stereocenters. The Kier molecular flexibility index (Phi) is 4.88. The van der Waals surface area contributed by atoms with Gasteiger partial charge >= 0.3 is 0 Å². The molecule has 6 heteroatoms. The summed E-state index contributed by atoms with van der Waals surface area (Å²) in [5.41, 5.74) is 0.908. The fourth-order valence-corrected chi connectivity index (χ4v) is 2.42. The van der Waals surface area contributed by atoms with Gasteiger partial charge in [-0.25, -0.2) is 0 Å². The van der Waals surface area contributed by atoms with Gasteiger partial charge in [0.2, 0.25) is 17.2 Å². The summed E-state index contributed by atoms with van der Waals surface area (Å²) in [5, 5.41) is 8.85. The van der Waals surface area contributed by atoms with Crippen LogP contribution in [0.3, 0.4) is 0 Å². The highest BCUT2D eigenvalue weighted by Gasteiger charge is 2.05. The monoisotopic (exact) mass is 327 g/mol. The number of hydrogen-bond donors (Lipinski definition) is 2. The lowest BCUT2D eigenvalue weighted by Crippen LogP contribution is -2.08. The molecule has 0 aliphatic rings. The highest BCUT2D eigenvalue weighted by molar-refractivity contribution is 6.28. The molecule has 1 aromatic heterocycles. The van der Waals surface area contributed by atoms with E-state index in [2.05, 4.69) is 56.8 Å². The van der Waals surface area contributed by atoms with Crippen molar-refractivity contribution < 1.29 is 0 Å². The molecule has 0 atom stereocenters. The van der Waals surface area contributed by atoms with E-state index in [0.29, 0.717) is 11.9 Å². The van der Waals surface area contributed by atoms with Gasteiger partial charge in [-0.15, -0.1) is 0 Å². The summed E-state index contributed by atoms with van der Waals surface area (Å²) in [6.07, 6.45) is 2.16. The second-order valence-corrected chi connectivity index (χ2v) is 5.56. The van der Waals surface area contributed by atoms with Crippen LogP contribution in [-0.2, 0) is 0 Å². The molecular weight excluding hydrogens is 310 g/mol. The third-order valence-electron chi connectivity index (χ3n) is 3.43. The Morgan fingerprint density at radius 2 is 1.74 bits per heavy atom. The van der Waals surface area contributed by atoms with E-state index >= 15 is 0 Å². The molecule has 2 N–H and O–H groups in total. The first-order valence-corrected chi connectivity index (χ1v) is 8.03. The maximum atomic E-state index is 5.98. The number of rotatable bonds is 6. The summed E-state index contributed by atoms with van der Waals surface area (Å²) >= 11 is 5.98. The lowest BCUT2D eigenvalue weighted by molar-refractivity contribution is 0.824. The normalized spacial score (nSPS) is 10.7. The van der Waals surface area contributed by atoms with E-state index in [4.69, 9.17) is 11.6 Å². The van der Waals surface area contributed by atoms with E-state index in [9.17, 15) is 0 Å². The summed E-state index contributed by atoms with van der Waals surface area (Å²) in [5.74, 6) is 0.918. The summed E-state index contributed by atoms with van der Waals surface area (Å²) in [6.45, 7) is 2.95. The predicted molar refractivity (Wildman–Crippen MR) is 95.5 cm³/mol. The van der Waals surface area contributed by atoms with E-state index in [1.54, 1.807) is 0 Å². The third-order valence-corrected chi connectivity index (χ3v) is 3.60. The Hall–Kier alpha value is -2.40. The molecule has 0 spiro atoms. The topological polar surface area (TPSA) is 62.7 Å². The van der Waals surface area contributed by atoms with Gasteiger partial charge in [0.1, 0.15) is 0 Å².